The molecule has 4 aliphatic heterocycles. The van der Waals surface area contributed by atoms with Gasteiger partial charge < -0.3 is 19.8 Å². The summed E-state index contributed by atoms with van der Waals surface area (Å²) < 4.78 is -1.31. The van der Waals surface area contributed by atoms with Crippen molar-refractivity contribution in [2.24, 2.45) is 11.8 Å². The largest absolute Gasteiger partial charge is 0.396 e. The number of likely N-dealkylation sites (tertiary alicyclic amines) is 1. The van der Waals surface area contributed by atoms with E-state index in [9.17, 15) is 19.5 Å². The molecule has 4 rings (SSSR count). The number of hydrogen-bond acceptors (Lipinski definition) is 5. The Morgan fingerprint density at radius 1 is 0.972 bits per heavy atom. The van der Waals surface area contributed by atoms with Crippen LogP contribution in [0.4, 0.5) is 0 Å². The van der Waals surface area contributed by atoms with Gasteiger partial charge >= 0.3 is 0 Å². The van der Waals surface area contributed by atoms with Gasteiger partial charge in [-0.05, 0) is 46.0 Å². The summed E-state index contributed by atoms with van der Waals surface area (Å²) in [4.78, 5) is 48.1. The summed E-state index contributed by atoms with van der Waals surface area (Å²) >= 11 is 1.66. The maximum absolute atomic E-state index is 14.3. The molecule has 0 bridgehead atoms. The predicted octanol–water partition coefficient (Wildman–Crippen LogP) is 3.23. The summed E-state index contributed by atoms with van der Waals surface area (Å²) in [5, 5.41) is 9.23. The molecule has 2 fully saturated rings. The standard InChI is InChI=1S/C28H43N3O4S/c1-5-12-20(3)30-18-11-14-28-22(25(34)31(23(28)26(30)35)17-8-7-9-19-32)21-24(33)29(15-6-2)16-10-13-27(21,4)36-28/h10-11,13-14,20-23,32H,5-9,12,15-19H2,1-4H3/t20?,21-,22-,23?,27+,28-/m0/s1. The number of carbonyl (C=O) groups excluding carboxylic acids is 3. The fraction of sp³-hybridized carbons (Fsp3) is 0.750. The van der Waals surface area contributed by atoms with Crippen LogP contribution >= 0.6 is 11.8 Å². The van der Waals surface area contributed by atoms with E-state index in [0.29, 0.717) is 32.6 Å². The Bertz CT molecular complexity index is 922. The van der Waals surface area contributed by atoms with Crippen molar-refractivity contribution in [1.29, 1.82) is 0 Å². The number of fused-ring (bicyclic) bond motifs is 2. The lowest BCUT2D eigenvalue weighted by molar-refractivity contribution is -0.145. The molecule has 8 heteroatoms. The van der Waals surface area contributed by atoms with E-state index < -0.39 is 27.4 Å². The van der Waals surface area contributed by atoms with Crippen LogP contribution < -0.4 is 0 Å². The molecule has 200 valence electrons. The van der Waals surface area contributed by atoms with Gasteiger partial charge in [0.25, 0.3) is 0 Å². The first-order valence-corrected chi connectivity index (χ1v) is 14.6. The van der Waals surface area contributed by atoms with E-state index in [4.69, 9.17) is 0 Å². The van der Waals surface area contributed by atoms with E-state index >= 15 is 0 Å². The van der Waals surface area contributed by atoms with Gasteiger partial charge in [-0.1, -0.05) is 44.6 Å². The molecular weight excluding hydrogens is 474 g/mol. The average Bonchev–Trinajstić information content (AvgIpc) is 3.10. The molecule has 6 atom stereocenters. The normalized spacial score (nSPS) is 34.5. The number of hydrogen-bond donors (Lipinski definition) is 1. The van der Waals surface area contributed by atoms with E-state index in [1.165, 1.54) is 0 Å². The number of rotatable bonds is 10. The zero-order valence-electron chi connectivity index (χ0n) is 22.3. The first kappa shape index (κ1) is 27.2. The van der Waals surface area contributed by atoms with Crippen molar-refractivity contribution in [3.63, 3.8) is 0 Å². The third kappa shape index (κ3) is 4.42. The van der Waals surface area contributed by atoms with E-state index in [1.807, 2.05) is 9.80 Å². The second-order valence-corrected chi connectivity index (χ2v) is 12.8. The van der Waals surface area contributed by atoms with Crippen LogP contribution in [0.2, 0.25) is 0 Å². The lowest BCUT2D eigenvalue weighted by atomic mass is 9.74. The summed E-state index contributed by atoms with van der Waals surface area (Å²) in [6.07, 6.45) is 13.3. The van der Waals surface area contributed by atoms with Crippen LogP contribution in [0.5, 0.6) is 0 Å². The Balaban J connectivity index is 1.78. The first-order chi connectivity index (χ1) is 17.3. The number of carbonyl (C=O) groups is 3. The Kier molecular flexibility index (Phi) is 8.25. The zero-order valence-corrected chi connectivity index (χ0v) is 23.1. The van der Waals surface area contributed by atoms with E-state index in [1.54, 1.807) is 16.7 Å². The lowest BCUT2D eigenvalue weighted by Gasteiger charge is -2.38. The van der Waals surface area contributed by atoms with Gasteiger partial charge in [0.2, 0.25) is 17.7 Å². The Labute approximate surface area is 220 Å². The van der Waals surface area contributed by atoms with Gasteiger partial charge in [0.15, 0.2) is 0 Å². The topological polar surface area (TPSA) is 81.2 Å². The lowest BCUT2D eigenvalue weighted by Crippen LogP contribution is -2.55. The number of thioether (sulfide) groups is 1. The summed E-state index contributed by atoms with van der Waals surface area (Å²) in [5.41, 5.74) is 0. The minimum absolute atomic E-state index is 0.00774. The molecule has 7 nitrogen and oxygen atoms in total. The Hall–Kier alpha value is -1.80. The van der Waals surface area contributed by atoms with E-state index in [2.05, 4.69) is 52.0 Å². The smallest absolute Gasteiger partial charge is 0.247 e. The van der Waals surface area contributed by atoms with Crippen molar-refractivity contribution in [3.8, 4) is 0 Å². The van der Waals surface area contributed by atoms with Crippen molar-refractivity contribution in [3.05, 3.63) is 24.3 Å². The van der Waals surface area contributed by atoms with Crippen LogP contribution in [0, 0.1) is 11.8 Å². The highest BCUT2D eigenvalue weighted by Gasteiger charge is 2.73. The number of aliphatic hydroxyl groups is 1. The van der Waals surface area contributed by atoms with Gasteiger partial charge in [0.05, 0.1) is 16.6 Å². The maximum Gasteiger partial charge on any atom is 0.247 e. The van der Waals surface area contributed by atoms with Crippen molar-refractivity contribution in [1.82, 2.24) is 14.7 Å². The van der Waals surface area contributed by atoms with Gasteiger partial charge in [0.1, 0.15) is 6.04 Å². The highest BCUT2D eigenvalue weighted by Crippen LogP contribution is 2.65. The van der Waals surface area contributed by atoms with Gasteiger partial charge in [0, 0.05) is 43.6 Å². The highest BCUT2D eigenvalue weighted by atomic mass is 32.2. The number of aliphatic hydroxyl groups excluding tert-OH is 1. The van der Waals surface area contributed by atoms with E-state index in [-0.39, 0.29) is 30.4 Å². The molecule has 2 unspecified atom stereocenters. The van der Waals surface area contributed by atoms with Crippen molar-refractivity contribution < 1.29 is 19.5 Å². The van der Waals surface area contributed by atoms with Gasteiger partial charge in [-0.2, -0.15) is 0 Å². The predicted molar refractivity (Wildman–Crippen MR) is 143 cm³/mol. The SMILES string of the molecule is CCCC(C)N1CC=C[C@]23S[C@]4(C)C=CCN(CCC)C(=O)[C@@H]4[C@H]2C(=O)N(CCCCCO)C3C1=O. The molecule has 4 heterocycles. The molecular formula is C28H43N3O4S. The summed E-state index contributed by atoms with van der Waals surface area (Å²) in [7, 11) is 0. The van der Waals surface area contributed by atoms with Gasteiger partial charge in [-0.25, -0.2) is 0 Å². The number of amides is 3. The molecule has 0 radical (unpaired) electrons. The maximum atomic E-state index is 14.3. The minimum Gasteiger partial charge on any atom is -0.396 e. The fourth-order valence-electron chi connectivity index (χ4n) is 6.84. The Morgan fingerprint density at radius 3 is 2.42 bits per heavy atom. The number of unbranched alkanes of at least 4 members (excludes halogenated alkanes) is 2. The molecule has 0 aromatic heterocycles. The van der Waals surface area contributed by atoms with Crippen molar-refractivity contribution in [2.45, 2.75) is 87.8 Å². The van der Waals surface area contributed by atoms with Crippen LogP contribution in [0.1, 0.15) is 66.2 Å². The molecule has 1 N–H and O–H groups in total. The quantitative estimate of drug-likeness (QED) is 0.356. The molecule has 2 saturated heterocycles. The molecule has 0 aromatic carbocycles. The molecule has 0 saturated carbocycles. The van der Waals surface area contributed by atoms with Crippen LogP contribution in [0.25, 0.3) is 0 Å². The molecule has 3 amide bonds. The first-order valence-electron chi connectivity index (χ1n) is 13.8. The molecule has 0 aliphatic carbocycles. The van der Waals surface area contributed by atoms with Gasteiger partial charge in [-0.3, -0.25) is 14.4 Å². The van der Waals surface area contributed by atoms with Crippen LogP contribution in [-0.2, 0) is 14.4 Å². The van der Waals surface area contributed by atoms with Crippen LogP contribution in [0.15, 0.2) is 24.3 Å². The molecule has 36 heavy (non-hydrogen) atoms. The van der Waals surface area contributed by atoms with E-state index in [0.717, 1.165) is 32.1 Å². The molecule has 4 aliphatic rings. The second-order valence-electron chi connectivity index (χ2n) is 11.0. The molecule has 0 aromatic rings. The van der Waals surface area contributed by atoms with Crippen LogP contribution in [0.3, 0.4) is 0 Å². The minimum atomic E-state index is -0.763. The molecule has 1 spiro atoms. The summed E-state index contributed by atoms with van der Waals surface area (Å²) in [5.74, 6) is -1.08. The van der Waals surface area contributed by atoms with Gasteiger partial charge in [-0.15, -0.1) is 11.8 Å². The average molecular weight is 518 g/mol. The zero-order chi connectivity index (χ0) is 26.1. The summed E-state index contributed by atoms with van der Waals surface area (Å²) in [6, 6.07) is -0.529. The second kappa shape index (κ2) is 10.9. The summed E-state index contributed by atoms with van der Waals surface area (Å²) in [6.45, 7) is 10.7. The number of nitrogens with zero attached hydrogens (tertiary/aromatic N) is 3. The van der Waals surface area contributed by atoms with Crippen LogP contribution in [-0.4, -0.2) is 91.9 Å². The third-order valence-corrected chi connectivity index (χ3v) is 10.3. The monoisotopic (exact) mass is 517 g/mol. The van der Waals surface area contributed by atoms with Crippen molar-refractivity contribution >= 4 is 29.5 Å². The fourth-order valence-corrected chi connectivity index (χ4v) is 9.00. The van der Waals surface area contributed by atoms with Crippen molar-refractivity contribution in [2.75, 3.05) is 32.8 Å². The third-order valence-electron chi connectivity index (χ3n) is 8.46. The highest BCUT2D eigenvalue weighted by molar-refractivity contribution is 8.02. The Morgan fingerprint density at radius 2 is 1.72 bits per heavy atom.